The highest BCUT2D eigenvalue weighted by molar-refractivity contribution is 5.89. The molecule has 4 aliphatic rings. The lowest BCUT2D eigenvalue weighted by atomic mass is 9.48. The Labute approximate surface area is 172 Å². The van der Waals surface area contributed by atoms with Crippen LogP contribution in [0.1, 0.15) is 66.2 Å². The Morgan fingerprint density at radius 2 is 1.86 bits per heavy atom. The number of hydrogen-bond acceptors (Lipinski definition) is 3. The molecule has 1 heterocycles. The molecule has 0 aromatic rings. The van der Waals surface area contributed by atoms with Crippen molar-refractivity contribution in [3.05, 3.63) is 12.2 Å². The first-order chi connectivity index (χ1) is 13.5. The number of fused-ring (bicyclic) bond motifs is 5. The van der Waals surface area contributed by atoms with Gasteiger partial charge in [0.2, 0.25) is 11.8 Å². The van der Waals surface area contributed by atoms with E-state index in [9.17, 15) is 19.5 Å². The van der Waals surface area contributed by atoms with Gasteiger partial charge in [0, 0.05) is 17.4 Å². The van der Waals surface area contributed by atoms with Crippen LogP contribution in [0.2, 0.25) is 0 Å². The van der Waals surface area contributed by atoms with Crippen molar-refractivity contribution < 1.29 is 19.5 Å². The minimum absolute atomic E-state index is 0.0101. The topological polar surface area (TPSA) is 95.5 Å². The molecule has 29 heavy (non-hydrogen) atoms. The quantitative estimate of drug-likeness (QED) is 0.676. The maximum absolute atomic E-state index is 13.1. The average Bonchev–Trinajstić information content (AvgIpc) is 2.99. The number of carbonyl (C=O) groups excluding carboxylic acids is 2. The zero-order valence-electron chi connectivity index (χ0n) is 18.0. The highest BCUT2D eigenvalue weighted by Crippen LogP contribution is 2.65. The monoisotopic (exact) mass is 402 g/mol. The number of rotatable bonds is 3. The molecule has 0 bridgehead atoms. The second kappa shape index (κ2) is 6.58. The second-order valence-corrected chi connectivity index (χ2v) is 10.8. The van der Waals surface area contributed by atoms with Crippen LogP contribution in [0, 0.1) is 34.5 Å². The van der Waals surface area contributed by atoms with Crippen molar-refractivity contribution >= 4 is 17.8 Å². The minimum atomic E-state index is -1.25. The molecule has 0 unspecified atom stereocenters. The van der Waals surface area contributed by atoms with Crippen molar-refractivity contribution in [2.75, 3.05) is 0 Å². The van der Waals surface area contributed by atoms with Crippen molar-refractivity contribution in [3.8, 4) is 0 Å². The number of aliphatic carboxylic acids is 1. The van der Waals surface area contributed by atoms with Crippen LogP contribution in [0.15, 0.2) is 12.2 Å². The number of hydrogen-bond donors (Lipinski definition) is 3. The fourth-order valence-corrected chi connectivity index (χ4v) is 7.21. The number of nitrogens with one attached hydrogen (secondary N) is 2. The van der Waals surface area contributed by atoms with Gasteiger partial charge in [-0.15, -0.1) is 0 Å². The van der Waals surface area contributed by atoms with E-state index in [1.165, 1.54) is 0 Å². The fraction of sp³-hybridized carbons (Fsp3) is 0.783. The Hall–Kier alpha value is -1.85. The number of carboxylic acid groups (broad SMARTS) is 1. The van der Waals surface area contributed by atoms with Crippen LogP contribution >= 0.6 is 0 Å². The summed E-state index contributed by atoms with van der Waals surface area (Å²) < 4.78 is 0. The van der Waals surface area contributed by atoms with E-state index in [1.54, 1.807) is 19.9 Å². The van der Waals surface area contributed by atoms with Crippen LogP contribution in [0.4, 0.5) is 0 Å². The third-order valence-electron chi connectivity index (χ3n) is 8.97. The van der Waals surface area contributed by atoms with Gasteiger partial charge in [-0.2, -0.15) is 0 Å². The molecule has 6 nitrogen and oxygen atoms in total. The summed E-state index contributed by atoms with van der Waals surface area (Å²) in [5, 5.41) is 15.4. The Kier molecular flexibility index (Phi) is 4.63. The van der Waals surface area contributed by atoms with Crippen LogP contribution < -0.4 is 10.6 Å². The van der Waals surface area contributed by atoms with Gasteiger partial charge in [0.25, 0.3) is 0 Å². The predicted molar refractivity (Wildman–Crippen MR) is 109 cm³/mol. The maximum atomic E-state index is 13.1. The van der Waals surface area contributed by atoms with Gasteiger partial charge in [-0.05, 0) is 81.6 Å². The third-order valence-corrected chi connectivity index (χ3v) is 8.97. The van der Waals surface area contributed by atoms with Gasteiger partial charge in [0.15, 0.2) is 0 Å². The molecule has 3 fully saturated rings. The minimum Gasteiger partial charge on any atom is -0.480 e. The zero-order valence-corrected chi connectivity index (χ0v) is 18.0. The average molecular weight is 403 g/mol. The molecule has 0 saturated heterocycles. The van der Waals surface area contributed by atoms with Crippen LogP contribution in [-0.2, 0) is 14.4 Å². The van der Waals surface area contributed by atoms with Gasteiger partial charge in [0.05, 0.1) is 0 Å². The summed E-state index contributed by atoms with van der Waals surface area (Å²) in [7, 11) is 0. The number of carbonyl (C=O) groups is 3. The number of amides is 2. The molecule has 4 rings (SSSR count). The molecule has 0 spiro atoms. The highest BCUT2D eigenvalue weighted by Gasteiger charge is 2.61. The second-order valence-electron chi connectivity index (χ2n) is 10.8. The van der Waals surface area contributed by atoms with E-state index < -0.39 is 11.5 Å². The Morgan fingerprint density at radius 1 is 1.14 bits per heavy atom. The van der Waals surface area contributed by atoms with E-state index in [1.807, 2.05) is 0 Å². The molecule has 1 aliphatic heterocycles. The van der Waals surface area contributed by atoms with Crippen LogP contribution in [0.5, 0.6) is 0 Å². The summed E-state index contributed by atoms with van der Waals surface area (Å²) in [6.07, 6.45) is 9.82. The maximum Gasteiger partial charge on any atom is 0.328 e. The molecule has 2 amide bonds. The SMILES string of the molecule is CC(C)(NC(=O)[C@H]1CC[C@@H]2[C@@H]3CC[C@@H]4NC(=O)C=C[C@]4(C)[C@@H]3CC[C@]12C)C(=O)O. The zero-order chi connectivity index (χ0) is 21.2. The summed E-state index contributed by atoms with van der Waals surface area (Å²) in [5.41, 5.74) is -1.34. The van der Waals surface area contributed by atoms with Crippen molar-refractivity contribution in [2.24, 2.45) is 34.5 Å². The van der Waals surface area contributed by atoms with Gasteiger partial charge in [-0.25, -0.2) is 4.79 Å². The lowest BCUT2D eigenvalue weighted by Gasteiger charge is -2.58. The van der Waals surface area contributed by atoms with Crippen molar-refractivity contribution in [1.29, 1.82) is 0 Å². The first kappa shape index (κ1) is 20.4. The first-order valence-electron chi connectivity index (χ1n) is 11.0. The summed E-state index contributed by atoms with van der Waals surface area (Å²) in [5.74, 6) is 0.337. The molecule has 7 atom stereocenters. The molecule has 0 aromatic heterocycles. The smallest absolute Gasteiger partial charge is 0.328 e. The molecule has 6 heteroatoms. The normalized spacial score (nSPS) is 43.6. The third kappa shape index (κ3) is 3.01. The van der Waals surface area contributed by atoms with E-state index in [0.717, 1.165) is 38.5 Å². The molecule has 3 N–H and O–H groups in total. The lowest BCUT2D eigenvalue weighted by molar-refractivity contribution is -0.148. The molecule has 3 saturated carbocycles. The van der Waals surface area contributed by atoms with Crippen LogP contribution in [0.3, 0.4) is 0 Å². The summed E-state index contributed by atoms with van der Waals surface area (Å²) >= 11 is 0. The number of carboxylic acids is 1. The van der Waals surface area contributed by atoms with Gasteiger partial charge < -0.3 is 15.7 Å². The van der Waals surface area contributed by atoms with E-state index in [2.05, 4.69) is 30.6 Å². The van der Waals surface area contributed by atoms with E-state index in [0.29, 0.717) is 17.8 Å². The Bertz CT molecular complexity index is 775. The standard InChI is InChI=1S/C23H34N2O4/c1-21(2,20(28)29)25-19(27)16-7-6-14-13-5-8-17-23(4,12-10-18(26)24-17)15(13)9-11-22(14,16)3/h10,12-17H,5-9,11H2,1-4H3,(H,24,26)(H,25,27)(H,28,29)/t13-,14+,15+,16+,17-,22-,23+/m0/s1. The summed E-state index contributed by atoms with van der Waals surface area (Å²) in [4.78, 5) is 36.4. The summed E-state index contributed by atoms with van der Waals surface area (Å²) in [6, 6.07) is 0.211. The lowest BCUT2D eigenvalue weighted by Crippen LogP contribution is -2.60. The van der Waals surface area contributed by atoms with Crippen LogP contribution in [0.25, 0.3) is 0 Å². The van der Waals surface area contributed by atoms with Crippen molar-refractivity contribution in [2.45, 2.75) is 77.8 Å². The van der Waals surface area contributed by atoms with E-state index >= 15 is 0 Å². The van der Waals surface area contributed by atoms with E-state index in [4.69, 9.17) is 0 Å². The van der Waals surface area contributed by atoms with Crippen molar-refractivity contribution in [3.63, 3.8) is 0 Å². The van der Waals surface area contributed by atoms with E-state index in [-0.39, 0.29) is 34.6 Å². The van der Waals surface area contributed by atoms with Gasteiger partial charge in [0.1, 0.15) is 5.54 Å². The first-order valence-corrected chi connectivity index (χ1v) is 11.0. The molecular weight excluding hydrogens is 368 g/mol. The molecule has 0 aromatic carbocycles. The van der Waals surface area contributed by atoms with Crippen molar-refractivity contribution in [1.82, 2.24) is 10.6 Å². The molecular formula is C23H34N2O4. The molecule has 160 valence electrons. The fourth-order valence-electron chi connectivity index (χ4n) is 7.21. The van der Waals surface area contributed by atoms with Crippen LogP contribution in [-0.4, -0.2) is 34.5 Å². The largest absolute Gasteiger partial charge is 0.480 e. The molecule has 3 aliphatic carbocycles. The Morgan fingerprint density at radius 3 is 2.55 bits per heavy atom. The summed E-state index contributed by atoms with van der Waals surface area (Å²) in [6.45, 7) is 7.64. The van der Waals surface area contributed by atoms with Gasteiger partial charge >= 0.3 is 5.97 Å². The van der Waals surface area contributed by atoms with Gasteiger partial charge in [-0.3, -0.25) is 9.59 Å². The van der Waals surface area contributed by atoms with Gasteiger partial charge in [-0.1, -0.05) is 19.9 Å². The highest BCUT2D eigenvalue weighted by atomic mass is 16.4. The Balaban J connectivity index is 1.56. The predicted octanol–water partition coefficient (Wildman–Crippen LogP) is 2.88. The molecule has 0 radical (unpaired) electrons.